The highest BCUT2D eigenvalue weighted by Crippen LogP contribution is 2.32. The molecule has 0 saturated carbocycles. The standard InChI is InChI=1S/C21H25F3N4O3S/c1-14(2)12-31-20(30)26-19-25-16(13-32-19)11-18(29)28-8-6-27(7-9-28)17-5-3-4-15(10-17)21(22,23)24/h3-5,10,13-14H,6-9,11-12H2,1-2H3,(H,25,26,30). The molecule has 0 bridgehead atoms. The average molecular weight is 471 g/mol. The smallest absolute Gasteiger partial charge is 0.416 e. The van der Waals surface area contributed by atoms with Gasteiger partial charge in [-0.1, -0.05) is 19.9 Å². The van der Waals surface area contributed by atoms with Crippen molar-refractivity contribution in [2.24, 2.45) is 5.92 Å². The van der Waals surface area contributed by atoms with Crippen LogP contribution in [-0.2, 0) is 22.1 Å². The van der Waals surface area contributed by atoms with E-state index in [-0.39, 0.29) is 18.2 Å². The van der Waals surface area contributed by atoms with Gasteiger partial charge in [0.1, 0.15) is 0 Å². The lowest BCUT2D eigenvalue weighted by atomic mass is 10.1. The first-order chi connectivity index (χ1) is 15.1. The van der Waals surface area contributed by atoms with Gasteiger partial charge in [0.2, 0.25) is 5.91 Å². The number of aromatic nitrogens is 1. The summed E-state index contributed by atoms with van der Waals surface area (Å²) in [6.45, 7) is 5.86. The number of ether oxygens (including phenoxy) is 1. The first-order valence-electron chi connectivity index (χ1n) is 10.2. The van der Waals surface area contributed by atoms with Crippen molar-refractivity contribution in [3.63, 3.8) is 0 Å². The third-order valence-electron chi connectivity index (χ3n) is 4.81. The Labute approximate surface area is 188 Å². The van der Waals surface area contributed by atoms with E-state index in [0.717, 1.165) is 12.1 Å². The number of amides is 2. The van der Waals surface area contributed by atoms with E-state index in [1.807, 2.05) is 18.7 Å². The molecule has 2 aromatic rings. The number of carbonyl (C=O) groups excluding carboxylic acids is 2. The molecule has 11 heteroatoms. The van der Waals surface area contributed by atoms with Gasteiger partial charge in [-0.25, -0.2) is 9.78 Å². The molecule has 1 N–H and O–H groups in total. The Kier molecular flexibility index (Phi) is 7.60. The molecule has 1 saturated heterocycles. The van der Waals surface area contributed by atoms with Gasteiger partial charge in [0.25, 0.3) is 0 Å². The predicted octanol–water partition coefficient (Wildman–Crippen LogP) is 4.26. The van der Waals surface area contributed by atoms with Crippen molar-refractivity contribution in [1.82, 2.24) is 9.88 Å². The number of hydrogen-bond acceptors (Lipinski definition) is 6. The number of hydrogen-bond donors (Lipinski definition) is 1. The topological polar surface area (TPSA) is 74.8 Å². The summed E-state index contributed by atoms with van der Waals surface area (Å²) >= 11 is 1.21. The van der Waals surface area contributed by atoms with Crippen molar-refractivity contribution in [3.05, 3.63) is 40.9 Å². The molecular weight excluding hydrogens is 445 g/mol. The Morgan fingerprint density at radius 3 is 2.59 bits per heavy atom. The minimum absolute atomic E-state index is 0.0861. The largest absolute Gasteiger partial charge is 0.449 e. The molecule has 0 spiro atoms. The fourth-order valence-corrected chi connectivity index (χ4v) is 3.87. The van der Waals surface area contributed by atoms with Gasteiger partial charge in [0.15, 0.2) is 5.13 Å². The van der Waals surface area contributed by atoms with Crippen LogP contribution < -0.4 is 10.2 Å². The van der Waals surface area contributed by atoms with E-state index in [0.29, 0.717) is 49.3 Å². The molecule has 0 unspecified atom stereocenters. The van der Waals surface area contributed by atoms with Gasteiger partial charge < -0.3 is 14.5 Å². The van der Waals surface area contributed by atoms with Crippen molar-refractivity contribution in [1.29, 1.82) is 0 Å². The Morgan fingerprint density at radius 1 is 1.22 bits per heavy atom. The molecule has 1 aromatic carbocycles. The molecule has 2 amide bonds. The first kappa shape index (κ1) is 23.8. The van der Waals surface area contributed by atoms with Crippen LogP contribution in [0.15, 0.2) is 29.6 Å². The summed E-state index contributed by atoms with van der Waals surface area (Å²) in [5.74, 6) is 0.104. The molecule has 0 atom stereocenters. The number of carbonyl (C=O) groups is 2. The van der Waals surface area contributed by atoms with Gasteiger partial charge in [-0.05, 0) is 24.1 Å². The average Bonchev–Trinajstić information content (AvgIpc) is 3.18. The fourth-order valence-electron chi connectivity index (χ4n) is 3.17. The Morgan fingerprint density at radius 2 is 1.94 bits per heavy atom. The number of anilines is 2. The number of nitrogens with one attached hydrogen (secondary N) is 1. The normalized spacial score (nSPS) is 14.6. The van der Waals surface area contributed by atoms with Crippen molar-refractivity contribution in [3.8, 4) is 0 Å². The van der Waals surface area contributed by atoms with Crippen LogP contribution in [0.4, 0.5) is 28.8 Å². The molecule has 0 radical (unpaired) electrons. The van der Waals surface area contributed by atoms with Crippen LogP contribution in [0.3, 0.4) is 0 Å². The third kappa shape index (κ3) is 6.59. The van der Waals surface area contributed by atoms with Crippen LogP contribution in [-0.4, -0.2) is 54.7 Å². The number of alkyl halides is 3. The van der Waals surface area contributed by atoms with Crippen molar-refractivity contribution in [2.75, 3.05) is 43.0 Å². The van der Waals surface area contributed by atoms with Crippen LogP contribution in [0.25, 0.3) is 0 Å². The maximum Gasteiger partial charge on any atom is 0.416 e. The van der Waals surface area contributed by atoms with Crippen molar-refractivity contribution in [2.45, 2.75) is 26.4 Å². The van der Waals surface area contributed by atoms with E-state index in [4.69, 9.17) is 4.74 Å². The molecule has 174 valence electrons. The van der Waals surface area contributed by atoms with Crippen LogP contribution in [0.1, 0.15) is 25.1 Å². The molecule has 1 aliphatic heterocycles. The minimum Gasteiger partial charge on any atom is -0.449 e. The molecule has 2 heterocycles. The van der Waals surface area contributed by atoms with Gasteiger partial charge in [0.05, 0.1) is 24.3 Å². The zero-order valence-electron chi connectivity index (χ0n) is 17.8. The van der Waals surface area contributed by atoms with Crippen molar-refractivity contribution < 1.29 is 27.5 Å². The number of piperazine rings is 1. The highest BCUT2D eigenvalue weighted by atomic mass is 32.1. The lowest BCUT2D eigenvalue weighted by Crippen LogP contribution is -2.49. The van der Waals surface area contributed by atoms with Crippen LogP contribution in [0.5, 0.6) is 0 Å². The second-order valence-corrected chi connectivity index (χ2v) is 8.71. The van der Waals surface area contributed by atoms with Gasteiger partial charge in [-0.3, -0.25) is 10.1 Å². The molecule has 3 rings (SSSR count). The predicted molar refractivity (Wildman–Crippen MR) is 116 cm³/mol. The molecule has 0 aliphatic carbocycles. The second-order valence-electron chi connectivity index (χ2n) is 7.85. The van der Waals surface area contributed by atoms with Crippen LogP contribution in [0.2, 0.25) is 0 Å². The quantitative estimate of drug-likeness (QED) is 0.683. The number of rotatable bonds is 6. The summed E-state index contributed by atoms with van der Waals surface area (Å²) in [6, 6.07) is 5.21. The van der Waals surface area contributed by atoms with Gasteiger partial charge in [-0.2, -0.15) is 13.2 Å². The molecule has 1 aromatic heterocycles. The Bertz CT molecular complexity index is 940. The van der Waals surface area contributed by atoms with E-state index in [9.17, 15) is 22.8 Å². The fraction of sp³-hybridized carbons (Fsp3) is 0.476. The van der Waals surface area contributed by atoms with Gasteiger partial charge in [-0.15, -0.1) is 11.3 Å². The summed E-state index contributed by atoms with van der Waals surface area (Å²) in [5.41, 5.74) is 0.348. The van der Waals surface area contributed by atoms with Crippen LogP contribution >= 0.6 is 11.3 Å². The Balaban J connectivity index is 1.49. The van der Waals surface area contributed by atoms with E-state index in [1.165, 1.54) is 17.4 Å². The first-order valence-corrected chi connectivity index (χ1v) is 11.1. The van der Waals surface area contributed by atoms with Crippen molar-refractivity contribution >= 4 is 34.2 Å². The van der Waals surface area contributed by atoms with E-state index in [2.05, 4.69) is 10.3 Å². The molecule has 7 nitrogen and oxygen atoms in total. The SMILES string of the molecule is CC(C)COC(=O)Nc1nc(CC(=O)N2CCN(c3cccc(C(F)(F)F)c3)CC2)cs1. The van der Waals surface area contributed by atoms with Gasteiger partial charge in [0, 0.05) is 37.2 Å². The lowest BCUT2D eigenvalue weighted by molar-refractivity contribution is -0.137. The van der Waals surface area contributed by atoms with Gasteiger partial charge >= 0.3 is 12.3 Å². The number of nitrogens with zero attached hydrogens (tertiary/aromatic N) is 3. The number of halogens is 3. The molecule has 1 fully saturated rings. The summed E-state index contributed by atoms with van der Waals surface area (Å²) in [4.78, 5) is 32.1. The van der Waals surface area contributed by atoms with E-state index >= 15 is 0 Å². The maximum absolute atomic E-state index is 12.9. The monoisotopic (exact) mass is 470 g/mol. The summed E-state index contributed by atoms with van der Waals surface area (Å²) < 4.78 is 43.9. The second kappa shape index (κ2) is 10.2. The zero-order valence-corrected chi connectivity index (χ0v) is 18.6. The maximum atomic E-state index is 12.9. The van der Waals surface area contributed by atoms with E-state index < -0.39 is 17.8 Å². The minimum atomic E-state index is -4.39. The number of thiazole rings is 1. The Hall–Kier alpha value is -2.82. The summed E-state index contributed by atoms with van der Waals surface area (Å²) in [5, 5.41) is 4.60. The highest BCUT2D eigenvalue weighted by Gasteiger charge is 2.31. The molecule has 1 aliphatic rings. The molecule has 32 heavy (non-hydrogen) atoms. The zero-order chi connectivity index (χ0) is 23.3. The van der Waals surface area contributed by atoms with E-state index in [1.54, 1.807) is 16.3 Å². The lowest BCUT2D eigenvalue weighted by Gasteiger charge is -2.36. The summed E-state index contributed by atoms with van der Waals surface area (Å²) in [7, 11) is 0. The molecular formula is C21H25F3N4O3S. The van der Waals surface area contributed by atoms with Crippen LogP contribution in [0, 0.1) is 5.92 Å². The summed E-state index contributed by atoms with van der Waals surface area (Å²) in [6.07, 6.45) is -4.89. The number of benzene rings is 1. The third-order valence-corrected chi connectivity index (χ3v) is 5.62. The highest BCUT2D eigenvalue weighted by molar-refractivity contribution is 7.13.